The molecule has 0 aliphatic carbocycles. The van der Waals surface area contributed by atoms with Gasteiger partial charge in [0.1, 0.15) is 121 Å². The third kappa shape index (κ3) is 14.3. The molecule has 0 radical (unpaired) electrons. The number of carbonyl (C=O) groups is 1. The highest BCUT2D eigenvalue weighted by molar-refractivity contribution is 6.39. The zero-order chi connectivity index (χ0) is 72.0. The molecule has 11 heterocycles. The zero-order valence-corrected chi connectivity index (χ0v) is 59.4. The van der Waals surface area contributed by atoms with Crippen LogP contribution in [0.4, 0.5) is 0 Å². The number of aromatic hydroxyl groups is 1. The predicted molar refractivity (Wildman–Crippen MR) is 328 cm³/mol. The molecule has 1 aromatic rings. The highest BCUT2D eigenvalue weighted by Gasteiger charge is 2.68. The summed E-state index contributed by atoms with van der Waals surface area (Å²) in [6, 6.07) is 0. The molecule has 2 spiro atoms. The number of hydroxylamine groups is 2. The molecule has 37 heteroatoms. The summed E-state index contributed by atoms with van der Waals surface area (Å²) in [7, 11) is 8.28. The number of aliphatic hydroxyl groups is 4. The number of aliphatic hydroxyl groups excluding tert-OH is 4. The Morgan fingerprint density at radius 1 is 0.620 bits per heavy atom. The fourth-order valence-electron chi connectivity index (χ4n) is 16.1. The number of fused-ring (bicyclic) bond motifs is 4. The SMILES string of the molecule is COCC1OC(OC2OCC3OC4(OCC(O)C5OCOC54)OC3C2OC)C(OC)C(O)C1OC1OC(C)C(OC)C(OC2CC3(C)OC4(CC(O)C(OC5CC(OC6CC(C)([NH+]([O-])O)C(OC)C(C)O6)C(OC(=O)c6c(C)c(Cl)c(O)c(Cl)c6OC)C(C)O5)C(C)O4)OC3C(C)O2)C1O. The Balaban J connectivity index is 0.692. The lowest BCUT2D eigenvalue weighted by atomic mass is 9.85. The molecule has 12 rings (SSSR count). The highest BCUT2D eigenvalue weighted by Crippen LogP contribution is 2.52. The van der Waals surface area contributed by atoms with Crippen molar-refractivity contribution in [3.63, 3.8) is 0 Å². The molecule has 0 bridgehead atoms. The van der Waals surface area contributed by atoms with Gasteiger partial charge in [0.2, 0.25) is 0 Å². The molecule has 0 aromatic heterocycles. The van der Waals surface area contributed by atoms with Gasteiger partial charge in [0.25, 0.3) is 5.97 Å². The quantitative estimate of drug-likeness (QED) is 0.0660. The Hall–Kier alpha value is -2.37. The zero-order valence-electron chi connectivity index (χ0n) is 57.8. The topological polar surface area (TPSA) is 406 Å². The Bertz CT molecular complexity index is 2960. The van der Waals surface area contributed by atoms with Crippen molar-refractivity contribution in [2.75, 3.05) is 69.3 Å². The number of quaternary nitrogens is 1. The number of methoxy groups -OCH3 is 6. The first-order chi connectivity index (χ1) is 47.5. The summed E-state index contributed by atoms with van der Waals surface area (Å²) in [6.45, 7) is 12.7. The summed E-state index contributed by atoms with van der Waals surface area (Å²) in [5, 5.41) is 79.4. The molecular formula is C63H95Cl2NO34. The van der Waals surface area contributed by atoms with Crippen LogP contribution >= 0.6 is 23.2 Å². The highest BCUT2D eigenvalue weighted by atomic mass is 35.5. The second-order valence-electron chi connectivity index (χ2n) is 27.6. The van der Waals surface area contributed by atoms with Crippen LogP contribution in [0.25, 0.3) is 0 Å². The van der Waals surface area contributed by atoms with Gasteiger partial charge in [-0.3, -0.25) is 0 Å². The molecule has 35 atom stereocenters. The second-order valence-corrected chi connectivity index (χ2v) is 28.4. The minimum Gasteiger partial charge on any atom is -0.600 e. The maximum Gasteiger partial charge on any atom is 0.342 e. The van der Waals surface area contributed by atoms with Crippen LogP contribution in [0.2, 0.25) is 10.0 Å². The molecule has 35 unspecified atom stereocenters. The van der Waals surface area contributed by atoms with E-state index in [-0.39, 0.29) is 79.2 Å². The molecule has 11 saturated heterocycles. The van der Waals surface area contributed by atoms with E-state index in [1.165, 1.54) is 56.5 Å². The van der Waals surface area contributed by atoms with Crippen LogP contribution in [0.5, 0.6) is 11.5 Å². The number of phenols is 1. The first-order valence-electron chi connectivity index (χ1n) is 33.5. The third-order valence-corrected chi connectivity index (χ3v) is 21.7. The summed E-state index contributed by atoms with van der Waals surface area (Å²) in [5.74, 6) is -5.25. The van der Waals surface area contributed by atoms with Crippen molar-refractivity contribution < 1.29 is 164 Å². The van der Waals surface area contributed by atoms with E-state index in [2.05, 4.69) is 0 Å². The van der Waals surface area contributed by atoms with Gasteiger partial charge < -0.3 is 154 Å². The van der Waals surface area contributed by atoms with Crippen LogP contribution in [-0.4, -0.2) is 313 Å². The Morgan fingerprint density at radius 2 is 1.31 bits per heavy atom. The van der Waals surface area contributed by atoms with Gasteiger partial charge in [-0.15, -0.1) is 0 Å². The van der Waals surface area contributed by atoms with Gasteiger partial charge in [-0.2, -0.15) is 0 Å². The van der Waals surface area contributed by atoms with Crippen molar-refractivity contribution in [1.29, 1.82) is 0 Å². The van der Waals surface area contributed by atoms with E-state index >= 15 is 0 Å². The van der Waals surface area contributed by atoms with E-state index in [1.807, 2.05) is 0 Å². The van der Waals surface area contributed by atoms with E-state index in [0.29, 0.717) is 0 Å². The molecule has 570 valence electrons. The molecule has 35 nitrogen and oxygen atoms in total. The van der Waals surface area contributed by atoms with Gasteiger partial charge in [-0.05, 0) is 61.0 Å². The summed E-state index contributed by atoms with van der Waals surface area (Å²) >= 11 is 12.8. The van der Waals surface area contributed by atoms with Gasteiger partial charge >= 0.3 is 11.9 Å². The molecule has 100 heavy (non-hydrogen) atoms. The Morgan fingerprint density at radius 3 is 1.99 bits per heavy atom. The molecule has 0 amide bonds. The van der Waals surface area contributed by atoms with E-state index in [0.717, 1.165) is 0 Å². The van der Waals surface area contributed by atoms with E-state index in [4.69, 9.17) is 146 Å². The fraction of sp³-hybridized carbons (Fsp3) is 0.889. The van der Waals surface area contributed by atoms with Crippen molar-refractivity contribution in [1.82, 2.24) is 0 Å². The summed E-state index contributed by atoms with van der Waals surface area (Å²) in [4.78, 5) is 14.3. The lowest BCUT2D eigenvalue weighted by Crippen LogP contribution is -3.16. The minimum atomic E-state index is -1.85. The molecule has 1 aromatic carbocycles. The van der Waals surface area contributed by atoms with Gasteiger partial charge in [0, 0.05) is 48.4 Å². The summed E-state index contributed by atoms with van der Waals surface area (Å²) in [5.41, 5.74) is -2.78. The van der Waals surface area contributed by atoms with E-state index in [1.54, 1.807) is 41.5 Å². The first kappa shape index (κ1) is 77.3. The van der Waals surface area contributed by atoms with Crippen LogP contribution in [0, 0.1) is 12.1 Å². The van der Waals surface area contributed by atoms with Crippen LogP contribution < -0.4 is 9.96 Å². The predicted octanol–water partition coefficient (Wildman–Crippen LogP) is -0.144. The standard InChI is InChI=1S/C63H95Cl2NO34/c1-23-37(49(77-11)39(65)40(69)38(23)64)56(72)93-44-24(2)85-34(15-31(44)89-35-17-60(7,66(73)74)53(80-14)27(5)86-35)91-43-26(4)96-62(16-29(43)67)99-54-28(6)87-36(18-61(54,8)100-62)92-50-42(71)57(88-25(3)45(50)76-10)94-47-32(20-75-9)90-59(51(78-12)41(47)70)95-58-52(79-13)48-33(21-81-58)97-63(98-48)55-46(82-22-83-55)30(68)19-84-63/h24-36,41-48,50-55,57-59,66-71,73H,15-22H2,1-14H3. The van der Waals surface area contributed by atoms with Crippen molar-refractivity contribution in [3.8, 4) is 11.5 Å². The number of nitrogens with one attached hydrogen (secondary N) is 1. The van der Waals surface area contributed by atoms with Crippen molar-refractivity contribution in [3.05, 3.63) is 26.4 Å². The normalized spacial score (nSPS) is 49.1. The number of hydrogen-bond acceptors (Lipinski definition) is 34. The molecule has 11 aliphatic heterocycles. The number of halogens is 2. The van der Waals surface area contributed by atoms with Crippen LogP contribution in [-0.2, 0) is 118 Å². The van der Waals surface area contributed by atoms with Crippen molar-refractivity contribution >= 4 is 29.2 Å². The smallest absolute Gasteiger partial charge is 0.342 e. The van der Waals surface area contributed by atoms with E-state index in [9.17, 15) is 40.7 Å². The third-order valence-electron chi connectivity index (χ3n) is 20.9. The molecular weight excluding hydrogens is 1390 g/mol. The van der Waals surface area contributed by atoms with Crippen LogP contribution in [0.15, 0.2) is 0 Å². The number of rotatable bonds is 20. The number of carbonyl (C=O) groups excluding carboxylic acids is 1. The largest absolute Gasteiger partial charge is 0.600 e. The average molecular weight is 1480 g/mol. The molecule has 7 N–H and O–H groups in total. The number of benzene rings is 1. The Kier molecular flexibility index (Phi) is 23.7. The first-order valence-corrected chi connectivity index (χ1v) is 34.2. The molecule has 11 aliphatic rings. The van der Waals surface area contributed by atoms with Crippen LogP contribution in [0.3, 0.4) is 0 Å². The summed E-state index contributed by atoms with van der Waals surface area (Å²) < 4.78 is 161. The number of ether oxygens (including phenoxy) is 26. The van der Waals surface area contributed by atoms with Crippen LogP contribution in [0.1, 0.15) is 90.1 Å². The Labute approximate surface area is 586 Å². The van der Waals surface area contributed by atoms with Gasteiger partial charge in [0.05, 0.1) is 81.4 Å². The minimum absolute atomic E-state index is 0.000396. The average Bonchev–Trinajstić information content (AvgIpc) is 1.55. The van der Waals surface area contributed by atoms with Gasteiger partial charge in [-0.1, -0.05) is 23.2 Å². The maximum atomic E-state index is 14.3. The fourth-order valence-corrected chi connectivity index (χ4v) is 16.6. The van der Waals surface area contributed by atoms with E-state index < -0.39 is 224 Å². The summed E-state index contributed by atoms with van der Waals surface area (Å²) in [6.07, 6.45) is -32.9. The van der Waals surface area contributed by atoms with Crippen molar-refractivity contribution in [2.24, 2.45) is 0 Å². The lowest BCUT2D eigenvalue weighted by Gasteiger charge is -2.49. The van der Waals surface area contributed by atoms with Gasteiger partial charge in [0.15, 0.2) is 67.0 Å². The molecule has 0 saturated carbocycles. The number of phenolic OH excluding ortho intramolecular Hbond substituents is 1. The van der Waals surface area contributed by atoms with Crippen molar-refractivity contribution in [2.45, 2.75) is 288 Å². The lowest BCUT2D eigenvalue weighted by molar-refractivity contribution is -1.09. The van der Waals surface area contributed by atoms with Gasteiger partial charge in [-0.25, -0.2) is 15.2 Å². The maximum absolute atomic E-state index is 14.3. The monoisotopic (exact) mass is 1480 g/mol. The number of hydrogen-bond donors (Lipinski definition) is 7. The number of esters is 1. The molecule has 11 fully saturated rings. The second kappa shape index (κ2) is 30.7.